The van der Waals surface area contributed by atoms with Crippen molar-refractivity contribution in [2.45, 2.75) is 6.61 Å². The van der Waals surface area contributed by atoms with Gasteiger partial charge in [-0.25, -0.2) is 4.98 Å². The van der Waals surface area contributed by atoms with Gasteiger partial charge in [0.15, 0.2) is 5.82 Å². The summed E-state index contributed by atoms with van der Waals surface area (Å²) in [5.41, 5.74) is 5.01. The normalized spacial score (nSPS) is 10.3. The Labute approximate surface area is 112 Å². The monoisotopic (exact) mass is 286 g/mol. The van der Waals surface area contributed by atoms with Crippen LogP contribution in [0.2, 0.25) is 10.0 Å². The van der Waals surface area contributed by atoms with E-state index in [0.717, 1.165) is 0 Å². The van der Waals surface area contributed by atoms with Gasteiger partial charge in [-0.2, -0.15) is 0 Å². The van der Waals surface area contributed by atoms with Crippen LogP contribution in [-0.2, 0) is 6.61 Å². The van der Waals surface area contributed by atoms with Gasteiger partial charge in [-0.15, -0.1) is 5.10 Å². The highest BCUT2D eigenvalue weighted by atomic mass is 35.5. The molecule has 0 radical (unpaired) electrons. The van der Waals surface area contributed by atoms with Crippen molar-refractivity contribution in [2.24, 2.45) is 5.73 Å². The zero-order valence-electron chi connectivity index (χ0n) is 8.98. The predicted molar refractivity (Wildman–Crippen MR) is 65.7 cm³/mol. The molecule has 0 unspecified atom stereocenters. The third-order valence-electron chi connectivity index (χ3n) is 2.01. The van der Waals surface area contributed by atoms with Crippen LogP contribution in [0.15, 0.2) is 18.2 Å². The first-order valence-corrected chi connectivity index (χ1v) is 5.61. The molecule has 2 rings (SSSR count). The summed E-state index contributed by atoms with van der Waals surface area (Å²) in [6.45, 7) is 0.0850. The number of carbonyl (C=O) groups is 1. The fourth-order valence-electron chi connectivity index (χ4n) is 1.21. The molecule has 1 aromatic carbocycles. The van der Waals surface area contributed by atoms with Crippen molar-refractivity contribution in [3.63, 3.8) is 0 Å². The minimum absolute atomic E-state index is 0.0850. The second-order valence-electron chi connectivity index (χ2n) is 3.33. The topological polar surface area (TPSA) is 93.9 Å². The minimum Gasteiger partial charge on any atom is -0.484 e. The lowest BCUT2D eigenvalue weighted by Crippen LogP contribution is -2.13. The van der Waals surface area contributed by atoms with Crippen LogP contribution in [-0.4, -0.2) is 21.1 Å². The number of benzene rings is 1. The zero-order valence-corrected chi connectivity index (χ0v) is 10.5. The summed E-state index contributed by atoms with van der Waals surface area (Å²) in [6, 6.07) is 4.85. The lowest BCUT2D eigenvalue weighted by atomic mass is 10.3. The van der Waals surface area contributed by atoms with Crippen LogP contribution in [0.5, 0.6) is 5.75 Å². The van der Waals surface area contributed by atoms with E-state index in [-0.39, 0.29) is 12.4 Å². The number of nitrogens with two attached hydrogens (primary N) is 1. The fourth-order valence-corrected chi connectivity index (χ4v) is 1.67. The van der Waals surface area contributed by atoms with Crippen LogP contribution in [0.1, 0.15) is 16.4 Å². The number of amides is 1. The first kappa shape index (κ1) is 12.7. The van der Waals surface area contributed by atoms with Crippen molar-refractivity contribution in [1.82, 2.24) is 15.2 Å². The highest BCUT2D eigenvalue weighted by Gasteiger charge is 2.09. The molecule has 1 heterocycles. The molecule has 1 amide bonds. The lowest BCUT2D eigenvalue weighted by molar-refractivity contribution is 0.0990. The molecule has 8 heteroatoms. The largest absolute Gasteiger partial charge is 0.484 e. The van der Waals surface area contributed by atoms with Crippen molar-refractivity contribution < 1.29 is 9.53 Å². The Morgan fingerprint density at radius 1 is 1.44 bits per heavy atom. The lowest BCUT2D eigenvalue weighted by Gasteiger charge is -2.05. The van der Waals surface area contributed by atoms with E-state index in [1.54, 1.807) is 18.2 Å². The van der Waals surface area contributed by atoms with E-state index in [0.29, 0.717) is 21.6 Å². The number of aromatic amines is 1. The second kappa shape index (κ2) is 5.24. The Hall–Kier alpha value is -1.79. The summed E-state index contributed by atoms with van der Waals surface area (Å²) in [7, 11) is 0. The van der Waals surface area contributed by atoms with E-state index in [9.17, 15) is 4.79 Å². The number of ether oxygens (including phenoxy) is 1. The maximum atomic E-state index is 10.8. The number of halogens is 2. The van der Waals surface area contributed by atoms with E-state index in [4.69, 9.17) is 33.7 Å². The van der Waals surface area contributed by atoms with E-state index < -0.39 is 5.91 Å². The highest BCUT2D eigenvalue weighted by molar-refractivity contribution is 6.35. The van der Waals surface area contributed by atoms with E-state index >= 15 is 0 Å². The third-order valence-corrected chi connectivity index (χ3v) is 2.54. The van der Waals surface area contributed by atoms with Gasteiger partial charge in [0.1, 0.15) is 12.4 Å². The number of primary amides is 1. The molecule has 1 aromatic heterocycles. The van der Waals surface area contributed by atoms with Crippen molar-refractivity contribution in [3.8, 4) is 5.75 Å². The third kappa shape index (κ3) is 2.91. The molecule has 0 fully saturated rings. The Balaban J connectivity index is 2.04. The number of hydrogen-bond acceptors (Lipinski definition) is 4. The molecule has 0 bridgehead atoms. The van der Waals surface area contributed by atoms with Crippen LogP contribution in [0.25, 0.3) is 0 Å². The minimum atomic E-state index is -0.706. The summed E-state index contributed by atoms with van der Waals surface area (Å²) in [5, 5.41) is 7.05. The molecule has 0 aliphatic rings. The number of rotatable bonds is 4. The van der Waals surface area contributed by atoms with E-state index in [2.05, 4.69) is 15.2 Å². The van der Waals surface area contributed by atoms with Crippen LogP contribution in [0, 0.1) is 0 Å². The average molecular weight is 287 g/mol. The van der Waals surface area contributed by atoms with Gasteiger partial charge in [-0.1, -0.05) is 23.2 Å². The molecule has 0 atom stereocenters. The van der Waals surface area contributed by atoms with Gasteiger partial charge in [-0.3, -0.25) is 9.89 Å². The van der Waals surface area contributed by atoms with Crippen molar-refractivity contribution in [1.29, 1.82) is 0 Å². The molecule has 0 saturated carbocycles. The molecule has 0 aliphatic carbocycles. The summed E-state index contributed by atoms with van der Waals surface area (Å²) < 4.78 is 5.39. The first-order valence-electron chi connectivity index (χ1n) is 4.85. The van der Waals surface area contributed by atoms with E-state index in [1.165, 1.54) is 0 Å². The predicted octanol–water partition coefficient (Wildman–Crippen LogP) is 1.79. The van der Waals surface area contributed by atoms with Crippen molar-refractivity contribution >= 4 is 29.1 Å². The molecule has 2 aromatic rings. The fraction of sp³-hybridized carbons (Fsp3) is 0.100. The quantitative estimate of drug-likeness (QED) is 0.896. The molecule has 0 spiro atoms. The standard InChI is InChI=1S/C10H8Cl2N4O2/c11-5-1-2-7(6(12)3-5)18-4-8-14-10(9(13)17)16-15-8/h1-3H,4H2,(H2,13,17)(H,14,15,16). The van der Waals surface area contributed by atoms with Gasteiger partial charge in [-0.05, 0) is 18.2 Å². The number of nitrogens with one attached hydrogen (secondary N) is 1. The highest BCUT2D eigenvalue weighted by Crippen LogP contribution is 2.27. The summed E-state index contributed by atoms with van der Waals surface area (Å²) in [5.74, 6) is 0.0331. The Kier molecular flexibility index (Phi) is 3.69. The molecular formula is C10H8Cl2N4O2. The number of nitrogens with zero attached hydrogens (tertiary/aromatic N) is 2. The summed E-state index contributed by atoms with van der Waals surface area (Å²) in [6.07, 6.45) is 0. The second-order valence-corrected chi connectivity index (χ2v) is 4.18. The Morgan fingerprint density at radius 2 is 2.22 bits per heavy atom. The maximum absolute atomic E-state index is 10.8. The van der Waals surface area contributed by atoms with Gasteiger partial charge in [0.25, 0.3) is 5.91 Å². The SMILES string of the molecule is NC(=O)c1n[nH]c(COc2ccc(Cl)cc2Cl)n1. The van der Waals surface area contributed by atoms with Gasteiger partial charge in [0.05, 0.1) is 5.02 Å². The Bertz CT molecular complexity index is 585. The number of carbonyl (C=O) groups excluding carboxylic acids is 1. The van der Waals surface area contributed by atoms with Crippen molar-refractivity contribution in [3.05, 3.63) is 39.9 Å². The van der Waals surface area contributed by atoms with Gasteiger partial charge in [0.2, 0.25) is 5.82 Å². The first-order chi connectivity index (χ1) is 8.56. The molecule has 0 saturated heterocycles. The number of aromatic nitrogens is 3. The molecule has 6 nitrogen and oxygen atoms in total. The summed E-state index contributed by atoms with van der Waals surface area (Å²) >= 11 is 11.7. The van der Waals surface area contributed by atoms with Gasteiger partial charge < -0.3 is 10.5 Å². The maximum Gasteiger partial charge on any atom is 0.288 e. The zero-order chi connectivity index (χ0) is 13.1. The number of H-pyrrole nitrogens is 1. The van der Waals surface area contributed by atoms with Crippen LogP contribution in [0.3, 0.4) is 0 Å². The van der Waals surface area contributed by atoms with Crippen molar-refractivity contribution in [2.75, 3.05) is 0 Å². The average Bonchev–Trinajstić information content (AvgIpc) is 2.76. The smallest absolute Gasteiger partial charge is 0.288 e. The molecule has 3 N–H and O–H groups in total. The summed E-state index contributed by atoms with van der Waals surface area (Å²) in [4.78, 5) is 14.6. The molecule has 18 heavy (non-hydrogen) atoms. The number of hydrogen-bond donors (Lipinski definition) is 2. The Morgan fingerprint density at radius 3 is 2.83 bits per heavy atom. The van der Waals surface area contributed by atoms with Gasteiger partial charge >= 0.3 is 0 Å². The van der Waals surface area contributed by atoms with Crippen LogP contribution >= 0.6 is 23.2 Å². The van der Waals surface area contributed by atoms with Gasteiger partial charge in [0, 0.05) is 5.02 Å². The van der Waals surface area contributed by atoms with Crippen LogP contribution < -0.4 is 10.5 Å². The van der Waals surface area contributed by atoms with Crippen LogP contribution in [0.4, 0.5) is 0 Å². The molecule has 94 valence electrons. The van der Waals surface area contributed by atoms with E-state index in [1.807, 2.05) is 0 Å². The molecular weight excluding hydrogens is 279 g/mol. The molecule has 0 aliphatic heterocycles.